The molecule has 3 rings (SSSR count). The maximum Gasteiger partial charge on any atom is 0.244 e. The molecule has 0 unspecified atom stereocenters. The summed E-state index contributed by atoms with van der Waals surface area (Å²) < 4.78 is 27.0. The van der Waals surface area contributed by atoms with E-state index in [1.165, 1.54) is 4.90 Å². The van der Waals surface area contributed by atoms with E-state index in [2.05, 4.69) is 5.32 Å². The second-order valence-corrected chi connectivity index (χ2v) is 12.5. The maximum atomic E-state index is 14.1. The van der Waals surface area contributed by atoms with Crippen LogP contribution in [0.15, 0.2) is 72.8 Å². The summed E-state index contributed by atoms with van der Waals surface area (Å²) in [6, 6.07) is 21.1. The third-order valence-corrected chi connectivity index (χ3v) is 7.89. The van der Waals surface area contributed by atoms with Crippen molar-refractivity contribution in [1.29, 1.82) is 0 Å². The van der Waals surface area contributed by atoms with E-state index in [1.54, 1.807) is 30.3 Å². The van der Waals surface area contributed by atoms with Crippen LogP contribution in [0.2, 0.25) is 5.02 Å². The van der Waals surface area contributed by atoms with Crippen LogP contribution in [-0.2, 0) is 32.6 Å². The van der Waals surface area contributed by atoms with E-state index in [0.29, 0.717) is 17.3 Å². The molecule has 0 radical (unpaired) electrons. The number of sulfonamides is 1. The molecule has 40 heavy (non-hydrogen) atoms. The fraction of sp³-hybridized carbons (Fsp3) is 0.355. The fourth-order valence-electron chi connectivity index (χ4n) is 4.60. The summed E-state index contributed by atoms with van der Waals surface area (Å²) in [4.78, 5) is 29.2. The monoisotopic (exact) mass is 583 g/mol. The molecule has 0 saturated heterocycles. The zero-order chi connectivity index (χ0) is 29.3. The Morgan fingerprint density at radius 2 is 1.57 bits per heavy atom. The molecule has 214 valence electrons. The molecule has 0 fully saturated rings. The summed E-state index contributed by atoms with van der Waals surface area (Å²) in [6.07, 6.45) is 3.07. The van der Waals surface area contributed by atoms with Crippen molar-refractivity contribution in [2.24, 2.45) is 0 Å². The number of anilines is 1. The Hall–Kier alpha value is -3.36. The summed E-state index contributed by atoms with van der Waals surface area (Å²) in [5, 5.41) is 3.48. The lowest BCUT2D eigenvalue weighted by molar-refractivity contribution is -0.140. The molecule has 3 aromatic rings. The molecule has 2 amide bonds. The lowest BCUT2D eigenvalue weighted by atomic mass is 10.0. The minimum atomic E-state index is -3.82. The fourth-order valence-corrected chi connectivity index (χ4v) is 5.65. The molecule has 1 N–H and O–H groups in total. The summed E-state index contributed by atoms with van der Waals surface area (Å²) in [5.74, 6) is -0.777. The molecule has 0 aliphatic carbocycles. The van der Waals surface area contributed by atoms with Crippen LogP contribution in [-0.4, -0.2) is 50.5 Å². The van der Waals surface area contributed by atoms with Crippen molar-refractivity contribution in [3.8, 4) is 0 Å². The molecule has 9 heteroatoms. The zero-order valence-electron chi connectivity index (χ0n) is 23.6. The molecule has 1 atom stereocenters. The van der Waals surface area contributed by atoms with Gasteiger partial charge in [-0.3, -0.25) is 13.9 Å². The van der Waals surface area contributed by atoms with Gasteiger partial charge in [0.1, 0.15) is 12.6 Å². The van der Waals surface area contributed by atoms with Gasteiger partial charge in [0.05, 0.1) is 11.9 Å². The third-order valence-electron chi connectivity index (χ3n) is 6.52. The lowest BCUT2D eigenvalue weighted by Crippen LogP contribution is -2.53. The summed E-state index contributed by atoms with van der Waals surface area (Å²) in [6.45, 7) is 5.91. The number of hydrogen-bond acceptors (Lipinski definition) is 4. The molecule has 3 aromatic carbocycles. The van der Waals surface area contributed by atoms with E-state index in [4.69, 9.17) is 11.6 Å². The molecule has 0 bridgehead atoms. The summed E-state index contributed by atoms with van der Waals surface area (Å²) in [5.41, 5.74) is 3.78. The molecule has 7 nitrogen and oxygen atoms in total. The number of unbranched alkanes of at least 4 members (excludes halogenated alkanes) is 1. The van der Waals surface area contributed by atoms with Gasteiger partial charge in [-0.2, -0.15) is 0 Å². The lowest BCUT2D eigenvalue weighted by Gasteiger charge is -2.33. The van der Waals surface area contributed by atoms with Gasteiger partial charge in [0.25, 0.3) is 0 Å². The van der Waals surface area contributed by atoms with E-state index in [1.807, 2.05) is 63.2 Å². The van der Waals surface area contributed by atoms with E-state index in [-0.39, 0.29) is 18.9 Å². The standard InChI is InChI=1S/C31H38ClN3O4S/c1-5-6-15-33-31(37)29(20-25-11-8-7-9-12-25)34(21-26-13-10-14-27(32)19-26)30(36)22-35(40(4,38)39)28-17-23(2)16-24(3)18-28/h7-14,16-19,29H,5-6,15,20-22H2,1-4H3,(H,33,37)/t29-/m1/s1. The Morgan fingerprint density at radius 1 is 0.925 bits per heavy atom. The van der Waals surface area contributed by atoms with E-state index in [0.717, 1.165) is 45.7 Å². The summed E-state index contributed by atoms with van der Waals surface area (Å²) in [7, 11) is -3.82. The number of amides is 2. The smallest absolute Gasteiger partial charge is 0.244 e. The van der Waals surface area contributed by atoms with Crippen LogP contribution in [0.4, 0.5) is 5.69 Å². The second kappa shape index (κ2) is 14.3. The number of carbonyl (C=O) groups is 2. The molecule has 0 aliphatic rings. The molecule has 0 saturated carbocycles. The summed E-state index contributed by atoms with van der Waals surface area (Å²) >= 11 is 6.25. The Balaban J connectivity index is 2.05. The zero-order valence-corrected chi connectivity index (χ0v) is 25.1. The van der Waals surface area contributed by atoms with E-state index >= 15 is 0 Å². The third kappa shape index (κ3) is 9.10. The predicted molar refractivity (Wildman–Crippen MR) is 162 cm³/mol. The molecular weight excluding hydrogens is 546 g/mol. The van der Waals surface area contributed by atoms with Crippen LogP contribution in [0.5, 0.6) is 0 Å². The number of aryl methyl sites for hydroxylation is 2. The van der Waals surface area contributed by atoms with Crippen LogP contribution >= 0.6 is 11.6 Å². The van der Waals surface area contributed by atoms with Crippen molar-refractivity contribution in [3.05, 3.63) is 100 Å². The SMILES string of the molecule is CCCCNC(=O)[C@@H](Cc1ccccc1)N(Cc1cccc(Cl)c1)C(=O)CN(c1cc(C)cc(C)c1)S(C)(=O)=O. The first-order chi connectivity index (χ1) is 19.0. The van der Waals surface area contributed by atoms with Gasteiger partial charge in [0, 0.05) is 24.5 Å². The van der Waals surface area contributed by atoms with Crippen molar-refractivity contribution in [2.75, 3.05) is 23.7 Å². The van der Waals surface area contributed by atoms with Gasteiger partial charge in [-0.1, -0.05) is 73.5 Å². The number of benzene rings is 3. The topological polar surface area (TPSA) is 86.8 Å². The van der Waals surface area contributed by atoms with Crippen molar-refractivity contribution >= 4 is 39.1 Å². The number of halogens is 1. The van der Waals surface area contributed by atoms with Crippen LogP contribution in [0.25, 0.3) is 0 Å². The second-order valence-electron chi connectivity index (χ2n) is 10.1. The average molecular weight is 584 g/mol. The van der Waals surface area contributed by atoms with Crippen molar-refractivity contribution in [3.63, 3.8) is 0 Å². The van der Waals surface area contributed by atoms with Gasteiger partial charge in [-0.15, -0.1) is 0 Å². The molecule has 0 heterocycles. The number of carbonyl (C=O) groups excluding carboxylic acids is 2. The quantitative estimate of drug-likeness (QED) is 0.277. The normalized spacial score (nSPS) is 12.0. The Kier molecular flexibility index (Phi) is 11.2. The first-order valence-corrected chi connectivity index (χ1v) is 15.6. The first-order valence-electron chi connectivity index (χ1n) is 13.4. The average Bonchev–Trinajstić information content (AvgIpc) is 2.88. The molecule has 0 aromatic heterocycles. The van der Waals surface area contributed by atoms with Gasteiger partial charge in [0.2, 0.25) is 21.8 Å². The number of nitrogens with zero attached hydrogens (tertiary/aromatic N) is 2. The maximum absolute atomic E-state index is 14.1. The van der Waals surface area contributed by atoms with Crippen LogP contribution in [0.3, 0.4) is 0 Å². The van der Waals surface area contributed by atoms with Crippen LogP contribution < -0.4 is 9.62 Å². The molecular formula is C31H38ClN3O4S. The molecule has 0 aliphatic heterocycles. The highest BCUT2D eigenvalue weighted by Crippen LogP contribution is 2.23. The van der Waals surface area contributed by atoms with Gasteiger partial charge < -0.3 is 10.2 Å². The highest BCUT2D eigenvalue weighted by Gasteiger charge is 2.33. The van der Waals surface area contributed by atoms with Gasteiger partial charge in [-0.05, 0) is 66.8 Å². The highest BCUT2D eigenvalue weighted by molar-refractivity contribution is 7.92. The minimum absolute atomic E-state index is 0.0859. The largest absolute Gasteiger partial charge is 0.354 e. The van der Waals surface area contributed by atoms with Gasteiger partial charge in [-0.25, -0.2) is 8.42 Å². The Morgan fingerprint density at radius 3 is 2.17 bits per heavy atom. The predicted octanol–water partition coefficient (Wildman–Crippen LogP) is 5.28. The van der Waals surface area contributed by atoms with Gasteiger partial charge >= 0.3 is 0 Å². The number of nitrogens with one attached hydrogen (secondary N) is 1. The van der Waals surface area contributed by atoms with E-state index in [9.17, 15) is 18.0 Å². The molecule has 0 spiro atoms. The first kappa shape index (κ1) is 31.2. The van der Waals surface area contributed by atoms with Crippen molar-refractivity contribution in [1.82, 2.24) is 10.2 Å². The Labute approximate surface area is 243 Å². The Bertz CT molecular complexity index is 1390. The van der Waals surface area contributed by atoms with Crippen LogP contribution in [0, 0.1) is 13.8 Å². The van der Waals surface area contributed by atoms with Crippen molar-refractivity contribution < 1.29 is 18.0 Å². The number of rotatable bonds is 13. The highest BCUT2D eigenvalue weighted by atomic mass is 35.5. The van der Waals surface area contributed by atoms with Crippen LogP contribution in [0.1, 0.15) is 42.0 Å². The van der Waals surface area contributed by atoms with Gasteiger partial charge in [0.15, 0.2) is 0 Å². The minimum Gasteiger partial charge on any atom is -0.354 e. The number of hydrogen-bond donors (Lipinski definition) is 1. The van der Waals surface area contributed by atoms with E-state index < -0.39 is 28.5 Å². The van der Waals surface area contributed by atoms with Crippen molar-refractivity contribution in [2.45, 2.75) is 52.6 Å².